The Morgan fingerprint density at radius 2 is 1.90 bits per heavy atom. The third-order valence-corrected chi connectivity index (χ3v) is 3.75. The number of carbonyl (C=O) groups is 1. The highest BCUT2D eigenvalue weighted by molar-refractivity contribution is 6.30. The Labute approximate surface area is 131 Å². The number of ketones is 1. The van der Waals surface area contributed by atoms with Crippen molar-refractivity contribution in [2.75, 3.05) is 19.6 Å². The van der Waals surface area contributed by atoms with Crippen LogP contribution in [0.2, 0.25) is 5.02 Å². The van der Waals surface area contributed by atoms with Crippen LogP contribution < -0.4 is 0 Å². The number of carbonyl (C=O) groups excluding carboxylic acids is 1. The fraction of sp³-hybridized carbons (Fsp3) is 0.471. The molecule has 2 atom stereocenters. The summed E-state index contributed by atoms with van der Waals surface area (Å²) >= 11 is 5.83. The average Bonchev–Trinajstić information content (AvgIpc) is 2.43. The largest absolute Gasteiger partial charge is 0.373 e. The van der Waals surface area contributed by atoms with Crippen molar-refractivity contribution in [1.29, 1.82) is 0 Å². The molecule has 0 aliphatic carbocycles. The third kappa shape index (κ3) is 5.62. The van der Waals surface area contributed by atoms with Crippen LogP contribution in [0.3, 0.4) is 0 Å². The molecule has 21 heavy (non-hydrogen) atoms. The monoisotopic (exact) mass is 307 g/mol. The first-order valence-corrected chi connectivity index (χ1v) is 7.75. The number of nitrogens with zero attached hydrogens (tertiary/aromatic N) is 1. The van der Waals surface area contributed by atoms with Crippen molar-refractivity contribution in [3.63, 3.8) is 0 Å². The summed E-state index contributed by atoms with van der Waals surface area (Å²) in [6.07, 6.45) is 4.52. The van der Waals surface area contributed by atoms with Crippen molar-refractivity contribution in [3.05, 3.63) is 40.9 Å². The molecule has 3 nitrogen and oxygen atoms in total. The molecule has 4 heteroatoms. The van der Waals surface area contributed by atoms with Crippen LogP contribution in [0.5, 0.6) is 0 Å². The molecule has 1 heterocycles. The molecule has 1 aliphatic heterocycles. The zero-order chi connectivity index (χ0) is 15.2. The average molecular weight is 308 g/mol. The summed E-state index contributed by atoms with van der Waals surface area (Å²) in [4.78, 5) is 14.2. The van der Waals surface area contributed by atoms with Gasteiger partial charge in [0, 0.05) is 31.1 Å². The molecule has 0 N–H and O–H groups in total. The molecular formula is C17H22ClNO2. The van der Waals surface area contributed by atoms with Gasteiger partial charge < -0.3 is 4.74 Å². The van der Waals surface area contributed by atoms with Crippen LogP contribution in [-0.4, -0.2) is 42.5 Å². The standard InChI is InChI=1S/C17H22ClNO2/c1-13-11-19(12-14(2)21-13)10-9-17(20)8-5-15-3-6-16(18)7-4-15/h3-8,13-14H,9-12H2,1-2H3. The summed E-state index contributed by atoms with van der Waals surface area (Å²) in [7, 11) is 0. The lowest BCUT2D eigenvalue weighted by molar-refractivity contribution is -0.116. The Balaban J connectivity index is 1.78. The van der Waals surface area contributed by atoms with Gasteiger partial charge in [-0.15, -0.1) is 0 Å². The molecule has 1 aromatic rings. The Morgan fingerprint density at radius 1 is 1.29 bits per heavy atom. The van der Waals surface area contributed by atoms with Gasteiger partial charge in [0.1, 0.15) is 0 Å². The van der Waals surface area contributed by atoms with E-state index in [1.54, 1.807) is 6.08 Å². The van der Waals surface area contributed by atoms with Crippen LogP contribution in [0.4, 0.5) is 0 Å². The van der Waals surface area contributed by atoms with E-state index < -0.39 is 0 Å². The Kier molecular flexibility index (Phi) is 5.97. The topological polar surface area (TPSA) is 29.5 Å². The minimum atomic E-state index is 0.150. The molecule has 114 valence electrons. The van der Waals surface area contributed by atoms with Gasteiger partial charge >= 0.3 is 0 Å². The normalized spacial score (nSPS) is 23.6. The minimum absolute atomic E-state index is 0.150. The van der Waals surface area contributed by atoms with Crippen molar-refractivity contribution in [3.8, 4) is 0 Å². The SMILES string of the molecule is CC1CN(CCC(=O)C=Cc2ccc(Cl)cc2)CC(C)O1. The predicted molar refractivity (Wildman–Crippen MR) is 86.6 cm³/mol. The predicted octanol–water partition coefficient (Wildman–Crippen LogP) is 3.42. The number of hydrogen-bond acceptors (Lipinski definition) is 3. The van der Waals surface area contributed by atoms with Crippen LogP contribution in [0.1, 0.15) is 25.8 Å². The molecule has 2 unspecified atom stereocenters. The maximum atomic E-state index is 11.9. The summed E-state index contributed by atoms with van der Waals surface area (Å²) in [5.74, 6) is 0.150. The molecule has 1 aromatic carbocycles. The van der Waals surface area contributed by atoms with Crippen molar-refractivity contribution in [1.82, 2.24) is 4.90 Å². The molecule has 0 radical (unpaired) electrons. The van der Waals surface area contributed by atoms with Crippen LogP contribution in [0, 0.1) is 0 Å². The lowest BCUT2D eigenvalue weighted by atomic mass is 10.1. The number of ether oxygens (including phenoxy) is 1. The number of allylic oxidation sites excluding steroid dienone is 1. The molecule has 0 bridgehead atoms. The molecule has 2 rings (SSSR count). The van der Waals surface area contributed by atoms with Crippen molar-refractivity contribution in [2.24, 2.45) is 0 Å². The van der Waals surface area contributed by atoms with E-state index in [4.69, 9.17) is 16.3 Å². The minimum Gasteiger partial charge on any atom is -0.373 e. The second kappa shape index (κ2) is 7.74. The Bertz CT molecular complexity index is 488. The van der Waals surface area contributed by atoms with E-state index in [1.165, 1.54) is 0 Å². The van der Waals surface area contributed by atoms with E-state index in [0.29, 0.717) is 11.4 Å². The van der Waals surface area contributed by atoms with Gasteiger partial charge in [0.15, 0.2) is 5.78 Å². The van der Waals surface area contributed by atoms with Crippen molar-refractivity contribution in [2.45, 2.75) is 32.5 Å². The summed E-state index contributed by atoms with van der Waals surface area (Å²) in [5.41, 5.74) is 0.987. The molecule has 0 aromatic heterocycles. The summed E-state index contributed by atoms with van der Waals surface area (Å²) in [5, 5.41) is 0.703. The van der Waals surface area contributed by atoms with Gasteiger partial charge in [0.05, 0.1) is 12.2 Å². The number of morpholine rings is 1. The fourth-order valence-electron chi connectivity index (χ4n) is 2.58. The van der Waals surface area contributed by atoms with Gasteiger partial charge in [-0.2, -0.15) is 0 Å². The first-order chi connectivity index (χ1) is 10.0. The van der Waals surface area contributed by atoms with Gasteiger partial charge in [-0.1, -0.05) is 29.8 Å². The molecule has 1 fully saturated rings. The lowest BCUT2D eigenvalue weighted by Gasteiger charge is -2.35. The number of hydrogen-bond donors (Lipinski definition) is 0. The van der Waals surface area contributed by atoms with Gasteiger partial charge in [-0.25, -0.2) is 0 Å². The van der Waals surface area contributed by atoms with E-state index in [-0.39, 0.29) is 18.0 Å². The smallest absolute Gasteiger partial charge is 0.156 e. The van der Waals surface area contributed by atoms with Crippen LogP contribution in [0.25, 0.3) is 6.08 Å². The molecule has 0 spiro atoms. The van der Waals surface area contributed by atoms with Gasteiger partial charge in [-0.05, 0) is 37.6 Å². The van der Waals surface area contributed by atoms with Crippen LogP contribution in [-0.2, 0) is 9.53 Å². The Hall–Kier alpha value is -1.16. The van der Waals surface area contributed by atoms with Crippen molar-refractivity contribution >= 4 is 23.5 Å². The number of benzene rings is 1. The Morgan fingerprint density at radius 3 is 2.52 bits per heavy atom. The van der Waals surface area contributed by atoms with E-state index >= 15 is 0 Å². The number of halogens is 1. The maximum Gasteiger partial charge on any atom is 0.156 e. The molecule has 0 amide bonds. The molecule has 0 saturated carbocycles. The molecular weight excluding hydrogens is 286 g/mol. The van der Waals surface area contributed by atoms with E-state index in [1.807, 2.05) is 30.3 Å². The van der Waals surface area contributed by atoms with Crippen LogP contribution >= 0.6 is 11.6 Å². The fourth-order valence-corrected chi connectivity index (χ4v) is 2.71. The highest BCUT2D eigenvalue weighted by atomic mass is 35.5. The second-order valence-electron chi connectivity index (χ2n) is 5.62. The summed E-state index contributed by atoms with van der Waals surface area (Å²) in [6.45, 7) is 6.74. The van der Waals surface area contributed by atoms with Gasteiger partial charge in [-0.3, -0.25) is 9.69 Å². The van der Waals surface area contributed by atoms with Gasteiger partial charge in [0.2, 0.25) is 0 Å². The number of rotatable bonds is 5. The van der Waals surface area contributed by atoms with E-state index in [9.17, 15) is 4.79 Å². The zero-order valence-electron chi connectivity index (χ0n) is 12.6. The summed E-state index contributed by atoms with van der Waals surface area (Å²) in [6, 6.07) is 7.44. The highest BCUT2D eigenvalue weighted by Gasteiger charge is 2.21. The third-order valence-electron chi connectivity index (χ3n) is 3.50. The lowest BCUT2D eigenvalue weighted by Crippen LogP contribution is -2.45. The van der Waals surface area contributed by atoms with E-state index in [0.717, 1.165) is 25.2 Å². The van der Waals surface area contributed by atoms with Crippen molar-refractivity contribution < 1.29 is 9.53 Å². The summed E-state index contributed by atoms with van der Waals surface area (Å²) < 4.78 is 5.69. The molecule has 1 aliphatic rings. The molecule has 1 saturated heterocycles. The first-order valence-electron chi connectivity index (χ1n) is 7.37. The van der Waals surface area contributed by atoms with E-state index in [2.05, 4.69) is 18.7 Å². The maximum absolute atomic E-state index is 11.9. The van der Waals surface area contributed by atoms with Gasteiger partial charge in [0.25, 0.3) is 0 Å². The zero-order valence-corrected chi connectivity index (χ0v) is 13.3. The quantitative estimate of drug-likeness (QED) is 0.781. The second-order valence-corrected chi connectivity index (χ2v) is 6.05. The van der Waals surface area contributed by atoms with Crippen LogP contribution in [0.15, 0.2) is 30.3 Å². The first kappa shape index (κ1) is 16.2. The highest BCUT2D eigenvalue weighted by Crippen LogP contribution is 2.12.